The molecule has 516 valence electrons. The van der Waals surface area contributed by atoms with Gasteiger partial charge in [0.05, 0.1) is 11.7 Å². The van der Waals surface area contributed by atoms with Crippen LogP contribution in [0.1, 0.15) is 163 Å². The smallest absolute Gasteiger partial charge is 0.246 e. The highest BCUT2D eigenvalue weighted by Gasteiger charge is 2.47. The van der Waals surface area contributed by atoms with Crippen molar-refractivity contribution in [3.63, 3.8) is 0 Å². The molecular formula is C65H118N12O13. The van der Waals surface area contributed by atoms with E-state index >= 15 is 24.0 Å². The number of nitrogens with one attached hydrogen (secondary N) is 4. The van der Waals surface area contributed by atoms with Crippen molar-refractivity contribution in [2.75, 3.05) is 63.0 Å². The van der Waals surface area contributed by atoms with Gasteiger partial charge in [0, 0.05) is 62.9 Å². The van der Waals surface area contributed by atoms with Crippen LogP contribution in [0.4, 0.5) is 0 Å². The number of aliphatic hydroxyl groups excluding tert-OH is 1. The number of carbonyl (C=O) groups is 11. The van der Waals surface area contributed by atoms with E-state index in [1.807, 2.05) is 41.5 Å². The highest BCUT2D eigenvalue weighted by molar-refractivity contribution is 6.00. The van der Waals surface area contributed by atoms with Crippen molar-refractivity contribution in [2.24, 2.45) is 41.2 Å². The summed E-state index contributed by atoms with van der Waals surface area (Å²) >= 11 is 0. The lowest BCUT2D eigenvalue weighted by Crippen LogP contribution is -2.64. The number of amides is 11. The fourth-order valence-corrected chi connectivity index (χ4v) is 11.3. The molecule has 25 heteroatoms. The van der Waals surface area contributed by atoms with E-state index in [-0.39, 0.29) is 69.2 Å². The molecule has 1 aliphatic heterocycles. The average Bonchev–Trinajstić information content (AvgIpc) is 0.995. The van der Waals surface area contributed by atoms with Gasteiger partial charge in [0.25, 0.3) is 0 Å². The van der Waals surface area contributed by atoms with Gasteiger partial charge in [0.15, 0.2) is 0 Å². The number of nitrogens with two attached hydrogens (primary N) is 1. The van der Waals surface area contributed by atoms with Crippen LogP contribution in [0.2, 0.25) is 0 Å². The van der Waals surface area contributed by atoms with E-state index in [4.69, 9.17) is 10.5 Å². The van der Waals surface area contributed by atoms with Crippen LogP contribution in [-0.2, 0) is 57.5 Å². The van der Waals surface area contributed by atoms with Crippen LogP contribution in [0.15, 0.2) is 12.2 Å². The number of rotatable bonds is 18. The maximum Gasteiger partial charge on any atom is 0.246 e. The summed E-state index contributed by atoms with van der Waals surface area (Å²) in [5.74, 6) is -10.2. The first-order valence-electron chi connectivity index (χ1n) is 32.2. The van der Waals surface area contributed by atoms with Crippen molar-refractivity contribution in [3.8, 4) is 0 Å². The Morgan fingerprint density at radius 1 is 0.511 bits per heavy atom. The summed E-state index contributed by atoms with van der Waals surface area (Å²) in [7, 11) is 11.3. The third kappa shape index (κ3) is 22.3. The standard InChI is InChI=1S/C65H118N12O13/c1-26-28-29-41(13)53(78)52-57(82)69-44(27-2)59(84)71(18)45(30-31-66)60(85)75(22)49(35-65(16,17)90-25)56(81)70-50(39(9)10)63(88)72(19)46(32-36(3)4)55(80)67-42(14)54(79)68-43(15)58(83)73(20)47(33-37(5)6)61(86)74(21)48(34-38(7)8)62(87)76(23)51(40(11)12)64(89)77(52)24/h26,28,36-53,78H,27,29-35,66H2,1-25H3,(H,67,80)(H,68,79)(H,69,82)(H,70,81)/b28-26+/t41-,42+,43-,44+,45-,46+,47+,48+,49+,50+,51+,52+,53-/m1/s1. The molecule has 90 heavy (non-hydrogen) atoms. The Morgan fingerprint density at radius 2 is 0.933 bits per heavy atom. The molecule has 0 bridgehead atoms. The Kier molecular flexibility index (Phi) is 33.4. The Morgan fingerprint density at radius 3 is 1.39 bits per heavy atom. The van der Waals surface area contributed by atoms with Crippen molar-refractivity contribution in [1.29, 1.82) is 0 Å². The first-order chi connectivity index (χ1) is 41.5. The molecule has 0 aromatic heterocycles. The summed E-state index contributed by atoms with van der Waals surface area (Å²) in [6, 6.07) is -14.2. The first-order valence-corrected chi connectivity index (χ1v) is 32.2. The van der Waals surface area contributed by atoms with E-state index in [0.717, 1.165) is 9.80 Å². The summed E-state index contributed by atoms with van der Waals surface area (Å²) in [4.78, 5) is 171. The maximum absolute atomic E-state index is 15.3. The molecule has 13 atom stereocenters. The van der Waals surface area contributed by atoms with Gasteiger partial charge in [-0.2, -0.15) is 0 Å². The lowest BCUT2D eigenvalue weighted by molar-refractivity contribution is -0.157. The Balaban J connectivity index is 4.51. The molecule has 11 amide bonds. The molecule has 7 N–H and O–H groups in total. The van der Waals surface area contributed by atoms with E-state index < -0.39 is 161 Å². The quantitative estimate of drug-likeness (QED) is 0.108. The molecule has 0 aromatic carbocycles. The van der Waals surface area contributed by atoms with E-state index in [1.165, 1.54) is 94.8 Å². The SMILES string of the molecule is C/C=C/C[C@@H](C)[C@@H](O)[C@H]1C(=O)N[C@@H](CC)C(=O)N(C)[C@H](CCN)C(=O)N(C)[C@@H](CC(C)(C)OC)C(=O)N[C@@H](C(C)C)C(=O)N(C)[C@@H](CC(C)C)C(=O)N[C@@H](C)C(=O)N[C@H](C)C(=O)N(C)[C@@H](CC(C)C)C(=O)N(C)[C@@H](CC(C)C)C(=O)N(C)[C@@H](C(C)C)C(=O)N1C. The third-order valence-corrected chi connectivity index (χ3v) is 17.4. The van der Waals surface area contributed by atoms with Gasteiger partial charge in [0.2, 0.25) is 65.0 Å². The molecule has 0 aliphatic carbocycles. The van der Waals surface area contributed by atoms with E-state index in [9.17, 15) is 33.9 Å². The zero-order valence-electron chi connectivity index (χ0n) is 59.3. The van der Waals surface area contributed by atoms with Crippen LogP contribution in [0.25, 0.3) is 0 Å². The number of likely N-dealkylation sites (N-methyl/N-ethyl adjacent to an activating group) is 7. The zero-order chi connectivity index (χ0) is 69.9. The van der Waals surface area contributed by atoms with Crippen molar-refractivity contribution in [1.82, 2.24) is 55.6 Å². The highest BCUT2D eigenvalue weighted by atomic mass is 16.5. The summed E-state index contributed by atoms with van der Waals surface area (Å²) in [6.45, 7) is 29.3. The minimum absolute atomic E-state index is 0.0287. The molecule has 0 spiro atoms. The minimum Gasteiger partial charge on any atom is -0.390 e. The van der Waals surface area contributed by atoms with Crippen molar-refractivity contribution in [3.05, 3.63) is 12.2 Å². The molecule has 1 fully saturated rings. The lowest BCUT2D eigenvalue weighted by Gasteiger charge is -2.41. The lowest BCUT2D eigenvalue weighted by atomic mass is 9.91. The fourth-order valence-electron chi connectivity index (χ4n) is 11.3. The number of hydrogen-bond donors (Lipinski definition) is 6. The largest absolute Gasteiger partial charge is 0.390 e. The number of methoxy groups -OCH3 is 1. The molecule has 1 heterocycles. The predicted molar refractivity (Wildman–Crippen MR) is 347 cm³/mol. The number of ether oxygens (including phenoxy) is 1. The van der Waals surface area contributed by atoms with Crippen LogP contribution in [0, 0.1) is 35.5 Å². The average molecular weight is 1280 g/mol. The monoisotopic (exact) mass is 1270 g/mol. The van der Waals surface area contributed by atoms with Crippen molar-refractivity contribution in [2.45, 2.75) is 241 Å². The topological polar surface area (TPSA) is 314 Å². The molecule has 0 radical (unpaired) electrons. The van der Waals surface area contributed by atoms with Crippen LogP contribution in [-0.4, -0.2) is 246 Å². The van der Waals surface area contributed by atoms with Gasteiger partial charge in [0.1, 0.15) is 66.5 Å². The Bertz CT molecular complexity index is 2470. The van der Waals surface area contributed by atoms with Crippen molar-refractivity contribution < 1.29 is 62.6 Å². The summed E-state index contributed by atoms with van der Waals surface area (Å²) in [5.41, 5.74) is 5.10. The molecule has 1 aliphatic rings. The van der Waals surface area contributed by atoms with Gasteiger partial charge in [-0.05, 0) is 115 Å². The molecule has 0 saturated carbocycles. The summed E-state index contributed by atoms with van der Waals surface area (Å²) in [5, 5.41) is 23.2. The number of nitrogens with zero attached hydrogens (tertiary/aromatic N) is 7. The van der Waals surface area contributed by atoms with E-state index in [2.05, 4.69) is 21.3 Å². The van der Waals surface area contributed by atoms with Gasteiger partial charge in [-0.15, -0.1) is 0 Å². The van der Waals surface area contributed by atoms with Crippen LogP contribution >= 0.6 is 0 Å². The second-order valence-electron chi connectivity index (χ2n) is 27.4. The molecule has 25 nitrogen and oxygen atoms in total. The predicted octanol–water partition coefficient (Wildman–Crippen LogP) is 2.76. The number of carbonyl (C=O) groups excluding carboxylic acids is 11. The maximum atomic E-state index is 15.3. The molecule has 0 aromatic rings. The summed E-state index contributed by atoms with van der Waals surface area (Å²) in [6.07, 6.45) is 2.49. The second-order valence-corrected chi connectivity index (χ2v) is 27.4. The van der Waals surface area contributed by atoms with Gasteiger partial charge in [-0.25, -0.2) is 0 Å². The Labute approximate surface area is 538 Å². The van der Waals surface area contributed by atoms with Gasteiger partial charge in [-0.3, -0.25) is 52.7 Å². The molecule has 1 rings (SSSR count). The van der Waals surface area contributed by atoms with Gasteiger partial charge in [-0.1, -0.05) is 95.2 Å². The van der Waals surface area contributed by atoms with Crippen LogP contribution < -0.4 is 27.0 Å². The Hall–Kier alpha value is -6.21. The second kappa shape index (κ2) is 36.7. The highest BCUT2D eigenvalue weighted by Crippen LogP contribution is 2.27. The number of aliphatic hydroxyl groups is 1. The zero-order valence-corrected chi connectivity index (χ0v) is 59.3. The van der Waals surface area contributed by atoms with Gasteiger partial charge >= 0.3 is 0 Å². The van der Waals surface area contributed by atoms with E-state index in [0.29, 0.717) is 0 Å². The van der Waals surface area contributed by atoms with Crippen LogP contribution in [0.3, 0.4) is 0 Å². The molecule has 0 unspecified atom stereocenters. The third-order valence-electron chi connectivity index (χ3n) is 17.4. The van der Waals surface area contributed by atoms with Crippen LogP contribution in [0.5, 0.6) is 0 Å². The van der Waals surface area contributed by atoms with Crippen molar-refractivity contribution >= 4 is 65.0 Å². The van der Waals surface area contributed by atoms with Gasteiger partial charge < -0.3 is 71.1 Å². The molecule has 1 saturated heterocycles. The minimum atomic E-state index is -1.65. The fraction of sp³-hybridized carbons (Fsp3) is 0.800. The molecular weight excluding hydrogens is 1160 g/mol. The normalized spacial score (nSPS) is 27.0. The number of allylic oxidation sites excluding steroid dienone is 2. The van der Waals surface area contributed by atoms with E-state index in [1.54, 1.807) is 74.5 Å². The summed E-state index contributed by atoms with van der Waals surface area (Å²) < 4.78 is 5.76. The first kappa shape index (κ1) is 81.8. The number of hydrogen-bond acceptors (Lipinski definition) is 14.